The zero-order chi connectivity index (χ0) is 13.8. The molecular weight excluding hydrogens is 246 g/mol. The Morgan fingerprint density at radius 1 is 1.26 bits per heavy atom. The van der Waals surface area contributed by atoms with Crippen molar-refractivity contribution in [2.75, 3.05) is 50.0 Å². The van der Waals surface area contributed by atoms with Crippen LogP contribution in [0.3, 0.4) is 0 Å². The number of aliphatic hydroxyl groups excluding tert-OH is 1. The van der Waals surface area contributed by atoms with Gasteiger partial charge in [-0.25, -0.2) is 4.79 Å². The van der Waals surface area contributed by atoms with Crippen molar-refractivity contribution in [1.29, 1.82) is 0 Å². The molecule has 1 heterocycles. The van der Waals surface area contributed by atoms with Crippen molar-refractivity contribution in [3.63, 3.8) is 0 Å². The number of hydrogen-bond acceptors (Lipinski definition) is 5. The number of piperazine rings is 1. The number of carboxylic acid groups (broad SMARTS) is 1. The van der Waals surface area contributed by atoms with Gasteiger partial charge in [-0.2, -0.15) is 0 Å². The molecule has 4 N–H and O–H groups in total. The summed E-state index contributed by atoms with van der Waals surface area (Å²) in [4.78, 5) is 15.4. The van der Waals surface area contributed by atoms with E-state index in [1.165, 1.54) is 0 Å². The van der Waals surface area contributed by atoms with Gasteiger partial charge < -0.3 is 20.8 Å². The van der Waals surface area contributed by atoms with Gasteiger partial charge in [0.1, 0.15) is 0 Å². The van der Waals surface area contributed by atoms with E-state index in [2.05, 4.69) is 4.90 Å². The molecule has 2 rings (SSSR count). The molecule has 0 aliphatic carbocycles. The molecule has 0 saturated carbocycles. The van der Waals surface area contributed by atoms with Crippen molar-refractivity contribution in [2.45, 2.75) is 0 Å². The molecule has 19 heavy (non-hydrogen) atoms. The van der Waals surface area contributed by atoms with Gasteiger partial charge in [-0.05, 0) is 18.2 Å². The molecule has 1 saturated heterocycles. The fourth-order valence-corrected chi connectivity index (χ4v) is 2.34. The number of β-amino-alcohol motifs (C(OH)–C–C–N with tert-alkyl or cyclic N) is 1. The van der Waals surface area contributed by atoms with E-state index >= 15 is 0 Å². The van der Waals surface area contributed by atoms with Gasteiger partial charge in [0.05, 0.1) is 17.9 Å². The lowest BCUT2D eigenvalue weighted by Gasteiger charge is -2.36. The summed E-state index contributed by atoms with van der Waals surface area (Å²) in [6.45, 7) is 3.92. The minimum absolute atomic E-state index is 0.151. The van der Waals surface area contributed by atoms with E-state index in [1.807, 2.05) is 4.90 Å². The molecule has 1 aromatic rings. The molecule has 0 radical (unpaired) electrons. The third-order valence-corrected chi connectivity index (χ3v) is 3.38. The number of carbonyl (C=O) groups is 1. The smallest absolute Gasteiger partial charge is 0.337 e. The predicted octanol–water partition coefficient (Wildman–Crippen LogP) is 0.0813. The normalized spacial score (nSPS) is 16.6. The van der Waals surface area contributed by atoms with E-state index in [9.17, 15) is 9.90 Å². The zero-order valence-electron chi connectivity index (χ0n) is 10.7. The predicted molar refractivity (Wildman–Crippen MR) is 73.6 cm³/mol. The van der Waals surface area contributed by atoms with Crippen LogP contribution >= 0.6 is 0 Å². The molecule has 104 valence electrons. The SMILES string of the molecule is Nc1ccc(C(=O)O)c(N2CCN(CCO)CC2)c1. The van der Waals surface area contributed by atoms with E-state index in [0.29, 0.717) is 17.9 Å². The van der Waals surface area contributed by atoms with Crippen molar-refractivity contribution in [3.8, 4) is 0 Å². The number of benzene rings is 1. The number of anilines is 2. The van der Waals surface area contributed by atoms with Crippen molar-refractivity contribution < 1.29 is 15.0 Å². The van der Waals surface area contributed by atoms with Gasteiger partial charge >= 0.3 is 5.97 Å². The van der Waals surface area contributed by atoms with E-state index < -0.39 is 5.97 Å². The molecule has 6 nitrogen and oxygen atoms in total. The lowest BCUT2D eigenvalue weighted by Crippen LogP contribution is -2.47. The van der Waals surface area contributed by atoms with Crippen LogP contribution in [0.25, 0.3) is 0 Å². The fraction of sp³-hybridized carbons (Fsp3) is 0.462. The minimum atomic E-state index is -0.937. The van der Waals surface area contributed by atoms with E-state index in [4.69, 9.17) is 10.8 Å². The molecule has 0 spiro atoms. The first-order valence-corrected chi connectivity index (χ1v) is 6.33. The number of nitrogens with two attached hydrogens (primary N) is 1. The molecule has 1 aliphatic rings. The van der Waals surface area contributed by atoms with Crippen molar-refractivity contribution in [1.82, 2.24) is 4.90 Å². The molecule has 1 fully saturated rings. The standard InChI is InChI=1S/C13H19N3O3/c14-10-1-2-11(13(18)19)12(9-10)16-5-3-15(4-6-16)7-8-17/h1-2,9,17H,3-8,14H2,(H,18,19). The highest BCUT2D eigenvalue weighted by Crippen LogP contribution is 2.24. The Hall–Kier alpha value is -1.79. The number of nitrogens with zero attached hydrogens (tertiary/aromatic N) is 2. The van der Waals surface area contributed by atoms with Crippen LogP contribution in [0.4, 0.5) is 11.4 Å². The monoisotopic (exact) mass is 265 g/mol. The molecule has 0 unspecified atom stereocenters. The highest BCUT2D eigenvalue weighted by atomic mass is 16.4. The van der Waals surface area contributed by atoms with Crippen molar-refractivity contribution >= 4 is 17.3 Å². The summed E-state index contributed by atoms with van der Waals surface area (Å²) >= 11 is 0. The Balaban J connectivity index is 2.14. The van der Waals surface area contributed by atoms with Gasteiger partial charge in [0.2, 0.25) is 0 Å². The Labute approximate surface area is 112 Å². The summed E-state index contributed by atoms with van der Waals surface area (Å²) in [5.74, 6) is -0.937. The molecule has 0 atom stereocenters. The van der Waals surface area contributed by atoms with Gasteiger partial charge in [-0.3, -0.25) is 4.90 Å². The van der Waals surface area contributed by atoms with Crippen LogP contribution in [-0.2, 0) is 0 Å². The van der Waals surface area contributed by atoms with Crippen molar-refractivity contribution in [3.05, 3.63) is 23.8 Å². The van der Waals surface area contributed by atoms with E-state index in [1.54, 1.807) is 18.2 Å². The Morgan fingerprint density at radius 3 is 2.53 bits per heavy atom. The molecular formula is C13H19N3O3. The molecule has 0 amide bonds. The van der Waals surface area contributed by atoms with Gasteiger partial charge in [0.15, 0.2) is 0 Å². The van der Waals surface area contributed by atoms with Crippen LogP contribution in [0.15, 0.2) is 18.2 Å². The molecule has 6 heteroatoms. The van der Waals surface area contributed by atoms with Crippen LogP contribution in [0.5, 0.6) is 0 Å². The summed E-state index contributed by atoms with van der Waals surface area (Å²) in [6, 6.07) is 4.87. The largest absolute Gasteiger partial charge is 0.478 e. The average Bonchev–Trinajstić information content (AvgIpc) is 2.39. The number of nitrogen functional groups attached to an aromatic ring is 1. The number of carboxylic acids is 1. The first-order valence-electron chi connectivity index (χ1n) is 6.33. The van der Waals surface area contributed by atoms with Crippen LogP contribution in [0.1, 0.15) is 10.4 Å². The second-order valence-corrected chi connectivity index (χ2v) is 4.63. The summed E-state index contributed by atoms with van der Waals surface area (Å²) < 4.78 is 0. The Bertz CT molecular complexity index is 456. The van der Waals surface area contributed by atoms with Gasteiger partial charge in [0.25, 0.3) is 0 Å². The van der Waals surface area contributed by atoms with Crippen LogP contribution < -0.4 is 10.6 Å². The summed E-state index contributed by atoms with van der Waals surface area (Å²) in [7, 11) is 0. The maximum Gasteiger partial charge on any atom is 0.337 e. The maximum atomic E-state index is 11.2. The maximum absolute atomic E-state index is 11.2. The van der Waals surface area contributed by atoms with Gasteiger partial charge in [0, 0.05) is 38.4 Å². The second-order valence-electron chi connectivity index (χ2n) is 4.63. The molecule has 0 aromatic heterocycles. The number of hydrogen-bond donors (Lipinski definition) is 3. The third kappa shape index (κ3) is 3.15. The summed E-state index contributed by atoms with van der Waals surface area (Å²) in [6.07, 6.45) is 0. The van der Waals surface area contributed by atoms with E-state index in [0.717, 1.165) is 26.2 Å². The quantitative estimate of drug-likeness (QED) is 0.668. The van der Waals surface area contributed by atoms with Crippen LogP contribution in [-0.4, -0.2) is 60.4 Å². The van der Waals surface area contributed by atoms with E-state index in [-0.39, 0.29) is 12.2 Å². The topological polar surface area (TPSA) is 90.0 Å². The highest BCUT2D eigenvalue weighted by Gasteiger charge is 2.21. The first kappa shape index (κ1) is 13.6. The number of aliphatic hydroxyl groups is 1. The molecule has 0 bridgehead atoms. The zero-order valence-corrected chi connectivity index (χ0v) is 10.7. The minimum Gasteiger partial charge on any atom is -0.478 e. The van der Waals surface area contributed by atoms with Gasteiger partial charge in [-0.15, -0.1) is 0 Å². The van der Waals surface area contributed by atoms with Gasteiger partial charge in [-0.1, -0.05) is 0 Å². The average molecular weight is 265 g/mol. The Morgan fingerprint density at radius 2 is 1.95 bits per heavy atom. The highest BCUT2D eigenvalue weighted by molar-refractivity contribution is 5.95. The first-order chi connectivity index (χ1) is 9.11. The molecule has 1 aromatic carbocycles. The lowest BCUT2D eigenvalue weighted by molar-refractivity contribution is 0.0697. The number of rotatable bonds is 4. The molecule has 1 aliphatic heterocycles. The van der Waals surface area contributed by atoms with Crippen LogP contribution in [0, 0.1) is 0 Å². The Kier molecular flexibility index (Phi) is 4.24. The summed E-state index contributed by atoms with van der Waals surface area (Å²) in [5, 5.41) is 18.1. The second kappa shape index (κ2) is 5.90. The summed E-state index contributed by atoms with van der Waals surface area (Å²) in [5.41, 5.74) is 7.27. The lowest BCUT2D eigenvalue weighted by atomic mass is 10.1. The third-order valence-electron chi connectivity index (χ3n) is 3.38. The fourth-order valence-electron chi connectivity index (χ4n) is 2.34. The van der Waals surface area contributed by atoms with Crippen LogP contribution in [0.2, 0.25) is 0 Å². The number of aromatic carboxylic acids is 1. The van der Waals surface area contributed by atoms with Crippen molar-refractivity contribution in [2.24, 2.45) is 0 Å².